The Kier molecular flexibility index (Phi) is 8.28. The quantitative estimate of drug-likeness (QED) is 0.449. The molecule has 150 valence electrons. The number of ketones is 1. The van der Waals surface area contributed by atoms with Crippen LogP contribution in [0.1, 0.15) is 53.4 Å². The first-order chi connectivity index (χ1) is 13.1. The molecule has 28 heavy (non-hydrogen) atoms. The molecule has 2 aromatic heterocycles. The number of hydrogen-bond donors (Lipinski definition) is 0. The Morgan fingerprint density at radius 1 is 1.00 bits per heavy atom. The maximum absolute atomic E-state index is 13.3. The minimum atomic E-state index is 0. The molecule has 0 saturated carbocycles. The largest absolute Gasteiger partial charge is 0.313 e. The van der Waals surface area contributed by atoms with Crippen LogP contribution in [0, 0.1) is 0 Å². The van der Waals surface area contributed by atoms with Gasteiger partial charge >= 0.3 is 0 Å². The molecule has 2 heterocycles. The van der Waals surface area contributed by atoms with Gasteiger partial charge in [-0.05, 0) is 75.6 Å². The van der Waals surface area contributed by atoms with Crippen molar-refractivity contribution in [3.8, 4) is 0 Å². The zero-order valence-corrected chi connectivity index (χ0v) is 18.0. The number of fused-ring (bicyclic) bond motifs is 1. The Bertz CT molecular complexity index is 897. The van der Waals surface area contributed by atoms with E-state index in [0.717, 1.165) is 61.0 Å². The van der Waals surface area contributed by atoms with E-state index < -0.39 is 0 Å². The molecule has 3 rings (SSSR count). The van der Waals surface area contributed by atoms with Gasteiger partial charge in [0, 0.05) is 17.3 Å². The molecule has 0 bridgehead atoms. The fourth-order valence-electron chi connectivity index (χ4n) is 3.55. The molecule has 4 heteroatoms. The number of benzene rings is 1. The average Bonchev–Trinajstić information content (AvgIpc) is 3.04. The number of hydrogen-bond acceptors (Lipinski definition) is 2. The van der Waals surface area contributed by atoms with Gasteiger partial charge in [-0.2, -0.15) is 0 Å². The van der Waals surface area contributed by atoms with Gasteiger partial charge in [-0.25, -0.2) is 0 Å². The maximum atomic E-state index is 13.3. The van der Waals surface area contributed by atoms with Crippen LogP contribution in [0.25, 0.3) is 5.52 Å². The SMILES string of the molecule is CCCCc1cc2ccccn2c1C(=O)c1ccc(CCCN(C)C)cc1.Cl. The van der Waals surface area contributed by atoms with Crippen LogP contribution in [-0.4, -0.2) is 35.7 Å². The van der Waals surface area contributed by atoms with Gasteiger partial charge in [0.2, 0.25) is 5.78 Å². The first kappa shape index (κ1) is 22.2. The van der Waals surface area contributed by atoms with E-state index in [1.165, 1.54) is 5.56 Å². The summed E-state index contributed by atoms with van der Waals surface area (Å²) in [6.45, 7) is 3.27. The molecular weight excluding hydrogens is 368 g/mol. The van der Waals surface area contributed by atoms with E-state index in [0.29, 0.717) is 0 Å². The predicted molar refractivity (Wildman–Crippen MR) is 120 cm³/mol. The Morgan fingerprint density at radius 3 is 2.43 bits per heavy atom. The Labute approximate surface area is 174 Å². The van der Waals surface area contributed by atoms with Gasteiger partial charge in [0.1, 0.15) is 0 Å². The highest BCUT2D eigenvalue weighted by molar-refractivity contribution is 6.09. The van der Waals surface area contributed by atoms with E-state index in [9.17, 15) is 4.79 Å². The van der Waals surface area contributed by atoms with Crippen molar-refractivity contribution in [3.63, 3.8) is 0 Å². The van der Waals surface area contributed by atoms with Gasteiger partial charge in [-0.1, -0.05) is 43.7 Å². The molecule has 3 aromatic rings. The lowest BCUT2D eigenvalue weighted by Gasteiger charge is -2.10. The summed E-state index contributed by atoms with van der Waals surface area (Å²) in [6, 6.07) is 16.4. The summed E-state index contributed by atoms with van der Waals surface area (Å²) in [5.41, 5.74) is 5.13. The molecule has 0 N–H and O–H groups in total. The highest BCUT2D eigenvalue weighted by Crippen LogP contribution is 2.22. The van der Waals surface area contributed by atoms with E-state index >= 15 is 0 Å². The number of unbranched alkanes of at least 4 members (excludes halogenated alkanes) is 1. The third-order valence-electron chi connectivity index (χ3n) is 5.06. The molecule has 0 unspecified atom stereocenters. The molecule has 0 atom stereocenters. The molecule has 0 radical (unpaired) electrons. The second-order valence-corrected chi connectivity index (χ2v) is 7.55. The maximum Gasteiger partial charge on any atom is 0.210 e. The number of pyridine rings is 1. The van der Waals surface area contributed by atoms with E-state index in [1.54, 1.807) is 0 Å². The smallest absolute Gasteiger partial charge is 0.210 e. The standard InChI is InChI=1S/C24H30N2O.ClH/c1-4-5-10-21-18-22-11-6-7-17-26(22)23(21)24(27)20-14-12-19(13-15-20)9-8-16-25(2)3;/h6-7,11-15,17-18H,4-5,8-10,16H2,1-3H3;1H. The zero-order chi connectivity index (χ0) is 19.2. The Balaban J connectivity index is 0.00000280. The van der Waals surface area contributed by atoms with Gasteiger partial charge in [0.15, 0.2) is 0 Å². The summed E-state index contributed by atoms with van der Waals surface area (Å²) in [7, 11) is 4.19. The second-order valence-electron chi connectivity index (χ2n) is 7.55. The highest BCUT2D eigenvalue weighted by Gasteiger charge is 2.18. The molecule has 0 aliphatic heterocycles. The van der Waals surface area contributed by atoms with Crippen LogP contribution in [-0.2, 0) is 12.8 Å². The van der Waals surface area contributed by atoms with Crippen LogP contribution in [0.15, 0.2) is 54.7 Å². The van der Waals surface area contributed by atoms with Crippen LogP contribution in [0.2, 0.25) is 0 Å². The van der Waals surface area contributed by atoms with Crippen molar-refractivity contribution in [3.05, 3.63) is 77.1 Å². The normalized spacial score (nSPS) is 11.0. The van der Waals surface area contributed by atoms with Crippen molar-refractivity contribution in [1.29, 1.82) is 0 Å². The monoisotopic (exact) mass is 398 g/mol. The summed E-state index contributed by atoms with van der Waals surface area (Å²) < 4.78 is 2.04. The van der Waals surface area contributed by atoms with Gasteiger partial charge in [0.05, 0.1) is 5.69 Å². The molecule has 0 amide bonds. The lowest BCUT2D eigenvalue weighted by molar-refractivity contribution is 0.103. The number of halogens is 1. The van der Waals surface area contributed by atoms with Gasteiger partial charge in [0.25, 0.3) is 0 Å². The first-order valence-electron chi connectivity index (χ1n) is 9.97. The van der Waals surface area contributed by atoms with Crippen molar-refractivity contribution in [2.75, 3.05) is 20.6 Å². The minimum absolute atomic E-state index is 0. The van der Waals surface area contributed by atoms with Crippen LogP contribution < -0.4 is 0 Å². The topological polar surface area (TPSA) is 24.7 Å². The molecule has 0 spiro atoms. The highest BCUT2D eigenvalue weighted by atomic mass is 35.5. The number of nitrogens with zero attached hydrogens (tertiary/aromatic N) is 2. The second kappa shape index (κ2) is 10.4. The third-order valence-corrected chi connectivity index (χ3v) is 5.06. The van der Waals surface area contributed by atoms with Crippen molar-refractivity contribution in [2.24, 2.45) is 0 Å². The van der Waals surface area contributed by atoms with Crippen molar-refractivity contribution >= 4 is 23.7 Å². The van der Waals surface area contributed by atoms with Crippen molar-refractivity contribution in [1.82, 2.24) is 9.30 Å². The van der Waals surface area contributed by atoms with E-state index in [-0.39, 0.29) is 18.2 Å². The minimum Gasteiger partial charge on any atom is -0.313 e. The molecular formula is C24H31ClN2O. The van der Waals surface area contributed by atoms with E-state index in [1.807, 2.05) is 34.9 Å². The summed E-state index contributed by atoms with van der Waals surface area (Å²) in [6.07, 6.45) is 7.34. The Morgan fingerprint density at radius 2 is 1.75 bits per heavy atom. The molecule has 3 nitrogen and oxygen atoms in total. The molecule has 0 aliphatic carbocycles. The summed E-state index contributed by atoms with van der Waals surface area (Å²) in [5, 5.41) is 0. The van der Waals surface area contributed by atoms with Gasteiger partial charge in [-0.3, -0.25) is 4.79 Å². The summed E-state index contributed by atoms with van der Waals surface area (Å²) in [4.78, 5) is 15.5. The van der Waals surface area contributed by atoms with Gasteiger partial charge in [-0.15, -0.1) is 12.4 Å². The van der Waals surface area contributed by atoms with Crippen LogP contribution in [0.4, 0.5) is 0 Å². The number of aromatic nitrogens is 1. The first-order valence-corrected chi connectivity index (χ1v) is 9.97. The fourth-order valence-corrected chi connectivity index (χ4v) is 3.55. The average molecular weight is 399 g/mol. The molecule has 0 aliphatic rings. The molecule has 0 saturated heterocycles. The van der Waals surface area contributed by atoms with Gasteiger partial charge < -0.3 is 9.30 Å². The van der Waals surface area contributed by atoms with Crippen molar-refractivity contribution < 1.29 is 4.79 Å². The number of rotatable bonds is 9. The van der Waals surface area contributed by atoms with Crippen molar-refractivity contribution in [2.45, 2.75) is 39.0 Å². The molecule has 0 fully saturated rings. The lowest BCUT2D eigenvalue weighted by atomic mass is 10.00. The zero-order valence-electron chi connectivity index (χ0n) is 17.1. The van der Waals surface area contributed by atoms with E-state index in [4.69, 9.17) is 0 Å². The Hall–Kier alpha value is -2.10. The number of carbonyl (C=O) groups is 1. The lowest BCUT2D eigenvalue weighted by Crippen LogP contribution is -2.13. The molecule has 1 aromatic carbocycles. The number of carbonyl (C=O) groups excluding carboxylic acids is 1. The third kappa shape index (κ3) is 5.24. The van der Waals surface area contributed by atoms with Crippen LogP contribution >= 0.6 is 12.4 Å². The van der Waals surface area contributed by atoms with Crippen LogP contribution in [0.5, 0.6) is 0 Å². The summed E-state index contributed by atoms with van der Waals surface area (Å²) >= 11 is 0. The summed E-state index contributed by atoms with van der Waals surface area (Å²) in [5.74, 6) is 0.118. The number of aryl methyl sites for hydroxylation is 2. The predicted octanol–water partition coefficient (Wildman–Crippen LogP) is 5.43. The van der Waals surface area contributed by atoms with E-state index in [2.05, 4.69) is 50.2 Å². The fraction of sp³-hybridized carbons (Fsp3) is 0.375. The van der Waals surface area contributed by atoms with Crippen LogP contribution in [0.3, 0.4) is 0 Å².